The zero-order valence-corrected chi connectivity index (χ0v) is 12.0. The maximum atomic E-state index is 11.3. The van der Waals surface area contributed by atoms with Gasteiger partial charge in [0.05, 0.1) is 0 Å². The third-order valence-electron chi connectivity index (χ3n) is 4.28. The smallest absolute Gasteiger partial charge is 0.323 e. The number of hydrogen-bond donors (Lipinski definition) is 2. The molecule has 2 atom stereocenters. The van der Waals surface area contributed by atoms with E-state index in [2.05, 4.69) is 25.7 Å². The second-order valence-electron chi connectivity index (χ2n) is 5.85. The first-order chi connectivity index (χ1) is 8.41. The Morgan fingerprint density at radius 3 is 2.67 bits per heavy atom. The highest BCUT2D eigenvalue weighted by Gasteiger charge is 2.45. The van der Waals surface area contributed by atoms with E-state index in [4.69, 9.17) is 5.73 Å². The predicted octanol–water partition coefficient (Wildman–Crippen LogP) is 2.08. The van der Waals surface area contributed by atoms with Crippen molar-refractivity contribution in [2.75, 3.05) is 13.1 Å². The number of aliphatic carboxylic acids is 1. The van der Waals surface area contributed by atoms with Crippen LogP contribution in [0.1, 0.15) is 52.9 Å². The Hall–Kier alpha value is -0.610. The molecule has 0 radical (unpaired) electrons. The van der Waals surface area contributed by atoms with Gasteiger partial charge in [-0.2, -0.15) is 0 Å². The first-order valence-electron chi connectivity index (χ1n) is 7.18. The minimum atomic E-state index is -0.977. The number of nitrogens with two attached hydrogens (primary N) is 1. The normalized spacial score (nSPS) is 28.2. The van der Waals surface area contributed by atoms with Crippen LogP contribution in [-0.2, 0) is 4.79 Å². The van der Waals surface area contributed by atoms with Crippen LogP contribution in [0.2, 0.25) is 0 Å². The van der Waals surface area contributed by atoms with Gasteiger partial charge in [-0.3, -0.25) is 4.79 Å². The summed E-state index contributed by atoms with van der Waals surface area (Å²) in [6.45, 7) is 8.60. The molecule has 0 aromatic rings. The van der Waals surface area contributed by atoms with Gasteiger partial charge in [0, 0.05) is 6.04 Å². The van der Waals surface area contributed by atoms with Crippen LogP contribution < -0.4 is 5.73 Å². The van der Waals surface area contributed by atoms with Crippen molar-refractivity contribution in [3.8, 4) is 0 Å². The van der Waals surface area contributed by atoms with E-state index in [0.717, 1.165) is 38.8 Å². The molecular weight excluding hydrogens is 228 g/mol. The number of hydrogen-bond acceptors (Lipinski definition) is 3. The van der Waals surface area contributed by atoms with Crippen LogP contribution in [-0.4, -0.2) is 40.6 Å². The molecule has 1 aliphatic carbocycles. The molecule has 0 amide bonds. The lowest BCUT2D eigenvalue weighted by atomic mass is 9.85. The standard InChI is InChI=1S/C14H28N2O2/c1-4-9-16(11(2)3)10-7-12-6-5-8-14(12,15)13(17)18/h11-12H,4-10,15H2,1-3H3,(H,17,18). The van der Waals surface area contributed by atoms with Crippen LogP contribution in [0.5, 0.6) is 0 Å². The molecule has 18 heavy (non-hydrogen) atoms. The van der Waals surface area contributed by atoms with Crippen LogP contribution in [0.4, 0.5) is 0 Å². The Kier molecular flexibility index (Phi) is 5.60. The Labute approximate surface area is 111 Å². The molecule has 1 rings (SSSR count). The summed E-state index contributed by atoms with van der Waals surface area (Å²) in [6, 6.07) is 0.517. The van der Waals surface area contributed by atoms with Gasteiger partial charge in [0.2, 0.25) is 0 Å². The van der Waals surface area contributed by atoms with E-state index in [1.165, 1.54) is 0 Å². The van der Waals surface area contributed by atoms with E-state index in [1.807, 2.05) is 0 Å². The van der Waals surface area contributed by atoms with Crippen LogP contribution in [0.3, 0.4) is 0 Å². The number of carboxylic acid groups (broad SMARTS) is 1. The summed E-state index contributed by atoms with van der Waals surface area (Å²) in [4.78, 5) is 13.7. The minimum Gasteiger partial charge on any atom is -0.480 e. The summed E-state index contributed by atoms with van der Waals surface area (Å²) in [5, 5.41) is 9.28. The van der Waals surface area contributed by atoms with Gasteiger partial charge in [-0.1, -0.05) is 13.3 Å². The molecule has 4 heteroatoms. The minimum absolute atomic E-state index is 0.133. The summed E-state index contributed by atoms with van der Waals surface area (Å²) in [5.74, 6) is -0.690. The van der Waals surface area contributed by atoms with Crippen molar-refractivity contribution in [1.82, 2.24) is 4.90 Å². The van der Waals surface area contributed by atoms with Crippen molar-refractivity contribution in [2.45, 2.75) is 64.5 Å². The first-order valence-corrected chi connectivity index (χ1v) is 7.18. The third-order valence-corrected chi connectivity index (χ3v) is 4.28. The second-order valence-corrected chi connectivity index (χ2v) is 5.85. The van der Waals surface area contributed by atoms with Gasteiger partial charge in [0.1, 0.15) is 5.54 Å². The molecule has 1 aliphatic rings. The van der Waals surface area contributed by atoms with Crippen LogP contribution >= 0.6 is 0 Å². The lowest BCUT2D eigenvalue weighted by Gasteiger charge is -2.31. The number of carbonyl (C=O) groups is 1. The molecule has 1 fully saturated rings. The summed E-state index contributed by atoms with van der Waals surface area (Å²) < 4.78 is 0. The van der Waals surface area contributed by atoms with E-state index in [0.29, 0.717) is 12.5 Å². The van der Waals surface area contributed by atoms with Crippen molar-refractivity contribution in [3.05, 3.63) is 0 Å². The summed E-state index contributed by atoms with van der Waals surface area (Å²) in [5.41, 5.74) is 5.09. The van der Waals surface area contributed by atoms with E-state index in [1.54, 1.807) is 0 Å². The molecule has 0 aromatic carbocycles. The maximum Gasteiger partial charge on any atom is 0.323 e. The van der Waals surface area contributed by atoms with Gasteiger partial charge in [-0.25, -0.2) is 0 Å². The molecule has 0 heterocycles. The maximum absolute atomic E-state index is 11.3. The summed E-state index contributed by atoms with van der Waals surface area (Å²) in [6.07, 6.45) is 4.57. The Morgan fingerprint density at radius 1 is 1.50 bits per heavy atom. The molecule has 0 aromatic heterocycles. The molecule has 0 spiro atoms. The SMILES string of the molecule is CCCN(CCC1CCCC1(N)C(=O)O)C(C)C. The fourth-order valence-corrected chi connectivity index (χ4v) is 3.02. The average molecular weight is 256 g/mol. The zero-order chi connectivity index (χ0) is 13.8. The third kappa shape index (κ3) is 3.45. The molecule has 106 valence electrons. The Bertz CT molecular complexity index is 281. The summed E-state index contributed by atoms with van der Waals surface area (Å²) >= 11 is 0. The summed E-state index contributed by atoms with van der Waals surface area (Å²) in [7, 11) is 0. The van der Waals surface area contributed by atoms with Crippen molar-refractivity contribution in [1.29, 1.82) is 0 Å². The van der Waals surface area contributed by atoms with E-state index < -0.39 is 11.5 Å². The van der Waals surface area contributed by atoms with Gasteiger partial charge in [0.15, 0.2) is 0 Å². The lowest BCUT2D eigenvalue weighted by molar-refractivity contribution is -0.144. The van der Waals surface area contributed by atoms with Crippen molar-refractivity contribution in [3.63, 3.8) is 0 Å². The quantitative estimate of drug-likeness (QED) is 0.732. The highest BCUT2D eigenvalue weighted by Crippen LogP contribution is 2.36. The van der Waals surface area contributed by atoms with Gasteiger partial charge < -0.3 is 15.7 Å². The Morgan fingerprint density at radius 2 is 2.17 bits per heavy atom. The number of rotatable bonds is 7. The Balaban J connectivity index is 2.53. The van der Waals surface area contributed by atoms with E-state index in [9.17, 15) is 9.90 Å². The molecule has 4 nitrogen and oxygen atoms in total. The van der Waals surface area contributed by atoms with Crippen LogP contribution in [0.25, 0.3) is 0 Å². The molecule has 0 aliphatic heterocycles. The van der Waals surface area contributed by atoms with E-state index >= 15 is 0 Å². The van der Waals surface area contributed by atoms with Crippen molar-refractivity contribution < 1.29 is 9.90 Å². The van der Waals surface area contributed by atoms with Crippen LogP contribution in [0.15, 0.2) is 0 Å². The largest absolute Gasteiger partial charge is 0.480 e. The highest BCUT2D eigenvalue weighted by atomic mass is 16.4. The second kappa shape index (κ2) is 6.53. The van der Waals surface area contributed by atoms with Crippen LogP contribution in [0, 0.1) is 5.92 Å². The van der Waals surface area contributed by atoms with E-state index in [-0.39, 0.29) is 5.92 Å². The lowest BCUT2D eigenvalue weighted by Crippen LogP contribution is -2.51. The molecule has 1 saturated carbocycles. The first kappa shape index (κ1) is 15.4. The van der Waals surface area contributed by atoms with Gasteiger partial charge in [-0.15, -0.1) is 0 Å². The van der Waals surface area contributed by atoms with Gasteiger partial charge >= 0.3 is 5.97 Å². The molecule has 3 N–H and O–H groups in total. The fraction of sp³-hybridized carbons (Fsp3) is 0.929. The van der Waals surface area contributed by atoms with Gasteiger partial charge in [-0.05, 0) is 58.5 Å². The zero-order valence-electron chi connectivity index (χ0n) is 12.0. The molecule has 0 bridgehead atoms. The fourth-order valence-electron chi connectivity index (χ4n) is 3.02. The number of nitrogens with zero attached hydrogens (tertiary/aromatic N) is 1. The molecule has 2 unspecified atom stereocenters. The average Bonchev–Trinajstić information content (AvgIpc) is 2.67. The van der Waals surface area contributed by atoms with Gasteiger partial charge in [0.25, 0.3) is 0 Å². The van der Waals surface area contributed by atoms with Crippen molar-refractivity contribution >= 4 is 5.97 Å². The number of carboxylic acids is 1. The van der Waals surface area contributed by atoms with Crippen molar-refractivity contribution in [2.24, 2.45) is 11.7 Å². The monoisotopic (exact) mass is 256 g/mol. The highest BCUT2D eigenvalue weighted by molar-refractivity contribution is 5.79. The predicted molar refractivity (Wildman–Crippen MR) is 73.5 cm³/mol. The molecule has 0 saturated heterocycles. The topological polar surface area (TPSA) is 66.6 Å². The molecular formula is C14H28N2O2.